The summed E-state index contributed by atoms with van der Waals surface area (Å²) < 4.78 is 0. The minimum absolute atomic E-state index is 0.392. The number of nitrogens with zero attached hydrogens (tertiary/aromatic N) is 2. The van der Waals surface area contributed by atoms with Crippen LogP contribution in [0.2, 0.25) is 0 Å². The van der Waals surface area contributed by atoms with Gasteiger partial charge in [-0.05, 0) is 25.3 Å². The summed E-state index contributed by atoms with van der Waals surface area (Å²) in [5, 5.41) is 3.28. The highest BCUT2D eigenvalue weighted by Crippen LogP contribution is 2.24. The highest BCUT2D eigenvalue weighted by molar-refractivity contribution is 5.61. The van der Waals surface area contributed by atoms with Crippen molar-refractivity contribution >= 4 is 5.82 Å². The van der Waals surface area contributed by atoms with Gasteiger partial charge in [0.05, 0.1) is 0 Å². The maximum Gasteiger partial charge on any atom is 0.162 e. The van der Waals surface area contributed by atoms with Crippen LogP contribution in [-0.4, -0.2) is 16.5 Å². The molecule has 1 heterocycles. The Balaban J connectivity index is 2.53. The monoisotopic (exact) mass is 255 g/mol. The number of aromatic nitrogens is 2. The molecule has 0 fully saturated rings. The molecule has 0 amide bonds. The van der Waals surface area contributed by atoms with Gasteiger partial charge in [0.25, 0.3) is 0 Å². The molecule has 1 aromatic heterocycles. The average molecular weight is 255 g/mol. The molecule has 2 aromatic rings. The van der Waals surface area contributed by atoms with E-state index < -0.39 is 0 Å². The number of hydrogen-bond donors (Lipinski definition) is 1. The Morgan fingerprint density at radius 2 is 1.89 bits per heavy atom. The van der Waals surface area contributed by atoms with E-state index in [1.165, 1.54) is 5.56 Å². The van der Waals surface area contributed by atoms with E-state index in [9.17, 15) is 0 Å². The van der Waals surface area contributed by atoms with Crippen LogP contribution < -0.4 is 5.32 Å². The number of rotatable bonds is 4. The molecule has 0 aliphatic rings. The third kappa shape index (κ3) is 3.11. The van der Waals surface area contributed by atoms with Crippen LogP contribution in [0.5, 0.6) is 0 Å². The van der Waals surface area contributed by atoms with Crippen LogP contribution in [0.25, 0.3) is 11.4 Å². The highest BCUT2D eigenvalue weighted by atomic mass is 15.0. The maximum atomic E-state index is 4.70. The summed E-state index contributed by atoms with van der Waals surface area (Å²) in [7, 11) is 0. The van der Waals surface area contributed by atoms with Crippen molar-refractivity contribution in [2.45, 2.75) is 33.6 Å². The van der Waals surface area contributed by atoms with Gasteiger partial charge in [-0.2, -0.15) is 0 Å². The molecule has 0 aliphatic carbocycles. The molecular weight excluding hydrogens is 234 g/mol. The molecule has 1 aromatic carbocycles. The molecule has 100 valence electrons. The standard InChI is InChI=1S/C16H21N3/c1-5-17-15-10-14(11(2)3)18-16(19-15)13-9-7-6-8-12(13)4/h6-11H,5H2,1-4H3,(H,17,18,19). The van der Waals surface area contributed by atoms with Crippen LogP contribution >= 0.6 is 0 Å². The lowest BCUT2D eigenvalue weighted by molar-refractivity contribution is 0.816. The summed E-state index contributed by atoms with van der Waals surface area (Å²) in [6.45, 7) is 9.33. The molecule has 3 nitrogen and oxygen atoms in total. The van der Waals surface area contributed by atoms with E-state index in [0.717, 1.165) is 29.4 Å². The summed E-state index contributed by atoms with van der Waals surface area (Å²) in [6, 6.07) is 10.3. The van der Waals surface area contributed by atoms with E-state index in [2.05, 4.69) is 50.1 Å². The molecule has 1 N–H and O–H groups in total. The van der Waals surface area contributed by atoms with Gasteiger partial charge in [0, 0.05) is 23.9 Å². The first-order chi connectivity index (χ1) is 9.11. The van der Waals surface area contributed by atoms with Crippen molar-refractivity contribution in [3.8, 4) is 11.4 Å². The van der Waals surface area contributed by atoms with Gasteiger partial charge in [0.15, 0.2) is 5.82 Å². The molecule has 0 unspecified atom stereocenters. The molecule has 0 spiro atoms. The van der Waals surface area contributed by atoms with Gasteiger partial charge in [-0.25, -0.2) is 9.97 Å². The van der Waals surface area contributed by atoms with Crippen LogP contribution in [-0.2, 0) is 0 Å². The fraction of sp³-hybridized carbons (Fsp3) is 0.375. The van der Waals surface area contributed by atoms with Crippen LogP contribution in [0.1, 0.15) is 37.9 Å². The van der Waals surface area contributed by atoms with Crippen molar-refractivity contribution in [3.05, 3.63) is 41.6 Å². The van der Waals surface area contributed by atoms with Gasteiger partial charge < -0.3 is 5.32 Å². The Hall–Kier alpha value is -1.90. The molecular formula is C16H21N3. The second-order valence-electron chi connectivity index (χ2n) is 5.00. The Morgan fingerprint density at radius 3 is 2.53 bits per heavy atom. The highest BCUT2D eigenvalue weighted by Gasteiger charge is 2.10. The number of hydrogen-bond acceptors (Lipinski definition) is 3. The summed E-state index contributed by atoms with van der Waals surface area (Å²) >= 11 is 0. The largest absolute Gasteiger partial charge is 0.370 e. The first kappa shape index (κ1) is 13.5. The second-order valence-corrected chi connectivity index (χ2v) is 5.00. The zero-order valence-corrected chi connectivity index (χ0v) is 12.1. The number of anilines is 1. The first-order valence-corrected chi connectivity index (χ1v) is 6.80. The van der Waals surface area contributed by atoms with Gasteiger partial charge in [-0.3, -0.25) is 0 Å². The molecule has 0 atom stereocenters. The topological polar surface area (TPSA) is 37.8 Å². The zero-order chi connectivity index (χ0) is 13.8. The van der Waals surface area contributed by atoms with E-state index in [1.807, 2.05) is 18.2 Å². The van der Waals surface area contributed by atoms with Crippen molar-refractivity contribution in [1.29, 1.82) is 0 Å². The lowest BCUT2D eigenvalue weighted by atomic mass is 10.1. The van der Waals surface area contributed by atoms with Crippen LogP contribution in [0.4, 0.5) is 5.82 Å². The zero-order valence-electron chi connectivity index (χ0n) is 12.1. The van der Waals surface area contributed by atoms with Gasteiger partial charge in [0.1, 0.15) is 5.82 Å². The fourth-order valence-electron chi connectivity index (χ4n) is 1.98. The van der Waals surface area contributed by atoms with Crippen molar-refractivity contribution in [2.24, 2.45) is 0 Å². The van der Waals surface area contributed by atoms with Gasteiger partial charge in [-0.1, -0.05) is 38.1 Å². The van der Waals surface area contributed by atoms with E-state index >= 15 is 0 Å². The van der Waals surface area contributed by atoms with Crippen LogP contribution in [0, 0.1) is 6.92 Å². The number of benzene rings is 1. The van der Waals surface area contributed by atoms with E-state index in [4.69, 9.17) is 4.98 Å². The molecule has 0 bridgehead atoms. The quantitative estimate of drug-likeness (QED) is 0.897. The lowest BCUT2D eigenvalue weighted by Gasteiger charge is -2.12. The van der Waals surface area contributed by atoms with Crippen molar-refractivity contribution in [2.75, 3.05) is 11.9 Å². The third-order valence-electron chi connectivity index (χ3n) is 3.08. The van der Waals surface area contributed by atoms with Gasteiger partial charge in [0.2, 0.25) is 0 Å². The SMILES string of the molecule is CCNc1cc(C(C)C)nc(-c2ccccc2C)n1. The maximum absolute atomic E-state index is 4.70. The Kier molecular flexibility index (Phi) is 4.15. The van der Waals surface area contributed by atoms with Crippen LogP contribution in [0.15, 0.2) is 30.3 Å². The van der Waals surface area contributed by atoms with Gasteiger partial charge >= 0.3 is 0 Å². The first-order valence-electron chi connectivity index (χ1n) is 6.80. The van der Waals surface area contributed by atoms with Crippen molar-refractivity contribution < 1.29 is 0 Å². The summed E-state index contributed by atoms with van der Waals surface area (Å²) in [6.07, 6.45) is 0. The second kappa shape index (κ2) is 5.83. The van der Waals surface area contributed by atoms with Crippen molar-refractivity contribution in [1.82, 2.24) is 9.97 Å². The van der Waals surface area contributed by atoms with Crippen molar-refractivity contribution in [3.63, 3.8) is 0 Å². The summed E-state index contributed by atoms with van der Waals surface area (Å²) in [5.41, 5.74) is 3.37. The Labute approximate surface area is 115 Å². The lowest BCUT2D eigenvalue weighted by Crippen LogP contribution is -2.05. The minimum Gasteiger partial charge on any atom is -0.370 e. The van der Waals surface area contributed by atoms with Crippen LogP contribution in [0.3, 0.4) is 0 Å². The molecule has 0 radical (unpaired) electrons. The molecule has 3 heteroatoms. The molecule has 2 rings (SSSR count). The normalized spacial score (nSPS) is 10.8. The number of aryl methyl sites for hydroxylation is 1. The molecule has 19 heavy (non-hydrogen) atoms. The predicted octanol–water partition coefficient (Wildman–Crippen LogP) is 4.01. The predicted molar refractivity (Wildman–Crippen MR) is 80.5 cm³/mol. The van der Waals surface area contributed by atoms with Gasteiger partial charge in [-0.15, -0.1) is 0 Å². The molecule has 0 saturated heterocycles. The fourth-order valence-corrected chi connectivity index (χ4v) is 1.98. The smallest absolute Gasteiger partial charge is 0.162 e. The Morgan fingerprint density at radius 1 is 1.16 bits per heavy atom. The average Bonchev–Trinajstić information content (AvgIpc) is 2.39. The third-order valence-corrected chi connectivity index (χ3v) is 3.08. The van der Waals surface area contributed by atoms with E-state index in [1.54, 1.807) is 0 Å². The number of nitrogens with one attached hydrogen (secondary N) is 1. The summed E-state index contributed by atoms with van der Waals surface area (Å²) in [4.78, 5) is 9.31. The summed E-state index contributed by atoms with van der Waals surface area (Å²) in [5.74, 6) is 2.10. The minimum atomic E-state index is 0.392. The Bertz CT molecular complexity index is 562. The van der Waals surface area contributed by atoms with E-state index in [-0.39, 0.29) is 0 Å². The molecule has 0 saturated carbocycles. The van der Waals surface area contributed by atoms with E-state index in [0.29, 0.717) is 5.92 Å². The molecule has 0 aliphatic heterocycles.